The molecule has 0 saturated carbocycles. The summed E-state index contributed by atoms with van der Waals surface area (Å²) in [5, 5.41) is 8.16. The third kappa shape index (κ3) is 3.30. The maximum Gasteiger partial charge on any atom is 0.0624 e. The Morgan fingerprint density at radius 1 is 1.30 bits per heavy atom. The van der Waals surface area contributed by atoms with Crippen molar-refractivity contribution >= 4 is 11.3 Å². The zero-order valence-corrected chi connectivity index (χ0v) is 14.0. The molecule has 1 unspecified atom stereocenters. The van der Waals surface area contributed by atoms with E-state index in [1.54, 1.807) is 0 Å². The fourth-order valence-electron chi connectivity index (χ4n) is 2.44. The Labute approximate surface area is 126 Å². The maximum atomic E-state index is 4.55. The molecule has 1 atom stereocenters. The van der Waals surface area contributed by atoms with Gasteiger partial charge in [0.2, 0.25) is 0 Å². The Morgan fingerprint density at radius 3 is 2.55 bits per heavy atom. The molecule has 0 amide bonds. The van der Waals surface area contributed by atoms with Gasteiger partial charge in [-0.25, -0.2) is 0 Å². The molecule has 0 radical (unpaired) electrons. The molecule has 20 heavy (non-hydrogen) atoms. The van der Waals surface area contributed by atoms with Gasteiger partial charge >= 0.3 is 0 Å². The third-order valence-corrected chi connectivity index (χ3v) is 5.05. The molecule has 2 rings (SSSR count). The Kier molecular flexibility index (Phi) is 5.00. The van der Waals surface area contributed by atoms with Crippen molar-refractivity contribution in [2.75, 3.05) is 6.54 Å². The Balaban J connectivity index is 2.22. The van der Waals surface area contributed by atoms with Crippen molar-refractivity contribution in [3.05, 3.63) is 38.8 Å². The molecule has 0 aliphatic carbocycles. The summed E-state index contributed by atoms with van der Waals surface area (Å²) in [6.45, 7) is 9.70. The van der Waals surface area contributed by atoms with Gasteiger partial charge in [0.05, 0.1) is 5.69 Å². The lowest BCUT2D eigenvalue weighted by Crippen LogP contribution is -2.23. The summed E-state index contributed by atoms with van der Waals surface area (Å²) < 4.78 is 2.02. The average molecular weight is 291 g/mol. The summed E-state index contributed by atoms with van der Waals surface area (Å²) in [4.78, 5) is 2.85. The lowest BCUT2D eigenvalue weighted by atomic mass is 10.1. The number of aryl methyl sites for hydroxylation is 4. The maximum absolute atomic E-state index is 4.55. The number of likely N-dealkylation sites (N-methyl/N-ethyl adjacent to an activating group) is 1. The van der Waals surface area contributed by atoms with Crippen LogP contribution in [0.4, 0.5) is 0 Å². The minimum Gasteiger partial charge on any atom is -0.309 e. The van der Waals surface area contributed by atoms with Crippen LogP contribution in [0.3, 0.4) is 0 Å². The lowest BCUT2D eigenvalue weighted by molar-refractivity contribution is 0.535. The molecule has 2 heterocycles. The normalized spacial score (nSPS) is 12.8. The predicted octanol–water partition coefficient (Wildman–Crippen LogP) is 3.55. The summed E-state index contributed by atoms with van der Waals surface area (Å²) in [6, 6.07) is 4.94. The molecule has 2 aromatic rings. The van der Waals surface area contributed by atoms with Gasteiger partial charge in [-0.05, 0) is 44.5 Å². The number of thiophene rings is 1. The van der Waals surface area contributed by atoms with Gasteiger partial charge in [-0.15, -0.1) is 11.3 Å². The van der Waals surface area contributed by atoms with Crippen molar-refractivity contribution in [2.45, 2.75) is 46.6 Å². The minimum absolute atomic E-state index is 0.387. The fourth-order valence-corrected chi connectivity index (χ4v) is 3.56. The lowest BCUT2D eigenvalue weighted by Gasteiger charge is -2.16. The van der Waals surface area contributed by atoms with Crippen LogP contribution in [0, 0.1) is 13.8 Å². The summed E-state index contributed by atoms with van der Waals surface area (Å²) >= 11 is 1.91. The van der Waals surface area contributed by atoms with E-state index >= 15 is 0 Å². The SMILES string of the molecule is CCNC(Cc1cc(CC)nn1C)c1cc(C)c(C)s1. The third-order valence-electron chi connectivity index (χ3n) is 3.78. The van der Waals surface area contributed by atoms with Crippen LogP contribution in [0.1, 0.15) is 46.6 Å². The number of nitrogens with zero attached hydrogens (tertiary/aromatic N) is 2. The molecule has 0 aliphatic rings. The smallest absolute Gasteiger partial charge is 0.0624 e. The van der Waals surface area contributed by atoms with Crippen LogP contribution in [-0.2, 0) is 19.9 Å². The first kappa shape index (κ1) is 15.3. The van der Waals surface area contributed by atoms with Crippen molar-refractivity contribution in [1.82, 2.24) is 15.1 Å². The molecule has 2 aromatic heterocycles. The highest BCUT2D eigenvalue weighted by Gasteiger charge is 2.17. The van der Waals surface area contributed by atoms with Crippen LogP contribution in [0.2, 0.25) is 0 Å². The van der Waals surface area contributed by atoms with Gasteiger partial charge in [-0.3, -0.25) is 4.68 Å². The van der Waals surface area contributed by atoms with E-state index in [0.717, 1.165) is 19.4 Å². The fraction of sp³-hybridized carbons (Fsp3) is 0.562. The first-order chi connectivity index (χ1) is 9.55. The monoisotopic (exact) mass is 291 g/mol. The summed E-state index contributed by atoms with van der Waals surface area (Å²) in [5.41, 5.74) is 3.87. The van der Waals surface area contributed by atoms with Gasteiger partial charge in [0.1, 0.15) is 0 Å². The van der Waals surface area contributed by atoms with Crippen molar-refractivity contribution in [3.8, 4) is 0 Å². The number of nitrogens with one attached hydrogen (secondary N) is 1. The largest absolute Gasteiger partial charge is 0.309 e. The zero-order chi connectivity index (χ0) is 14.7. The van der Waals surface area contributed by atoms with Gasteiger partial charge in [0, 0.05) is 35.0 Å². The number of hydrogen-bond donors (Lipinski definition) is 1. The molecule has 0 fully saturated rings. The van der Waals surface area contributed by atoms with E-state index in [4.69, 9.17) is 0 Å². The van der Waals surface area contributed by atoms with Gasteiger partial charge in [0.25, 0.3) is 0 Å². The second kappa shape index (κ2) is 6.55. The summed E-state index contributed by atoms with van der Waals surface area (Å²) in [5.74, 6) is 0. The molecular weight excluding hydrogens is 266 g/mol. The Hall–Kier alpha value is -1.13. The second-order valence-electron chi connectivity index (χ2n) is 5.31. The first-order valence-electron chi connectivity index (χ1n) is 7.37. The van der Waals surface area contributed by atoms with Gasteiger partial charge in [-0.2, -0.15) is 5.10 Å². The summed E-state index contributed by atoms with van der Waals surface area (Å²) in [7, 11) is 2.04. The van der Waals surface area contributed by atoms with Crippen LogP contribution in [0.5, 0.6) is 0 Å². The quantitative estimate of drug-likeness (QED) is 0.882. The van der Waals surface area contributed by atoms with E-state index in [2.05, 4.69) is 50.2 Å². The van der Waals surface area contributed by atoms with Gasteiger partial charge < -0.3 is 5.32 Å². The van der Waals surface area contributed by atoms with Crippen LogP contribution < -0.4 is 5.32 Å². The highest BCUT2D eigenvalue weighted by atomic mass is 32.1. The highest BCUT2D eigenvalue weighted by molar-refractivity contribution is 7.12. The van der Waals surface area contributed by atoms with Gasteiger partial charge in [0.15, 0.2) is 0 Å². The molecule has 4 heteroatoms. The highest BCUT2D eigenvalue weighted by Crippen LogP contribution is 2.28. The van der Waals surface area contributed by atoms with Gasteiger partial charge in [-0.1, -0.05) is 13.8 Å². The molecular formula is C16H25N3S. The van der Waals surface area contributed by atoms with Crippen molar-refractivity contribution in [2.24, 2.45) is 7.05 Å². The average Bonchev–Trinajstić information content (AvgIpc) is 2.93. The van der Waals surface area contributed by atoms with Crippen LogP contribution in [0.25, 0.3) is 0 Å². The van der Waals surface area contributed by atoms with E-state index < -0.39 is 0 Å². The molecule has 0 spiro atoms. The number of rotatable bonds is 6. The molecule has 110 valence electrons. The van der Waals surface area contributed by atoms with Crippen LogP contribution >= 0.6 is 11.3 Å². The van der Waals surface area contributed by atoms with E-state index in [-0.39, 0.29) is 0 Å². The Morgan fingerprint density at radius 2 is 2.05 bits per heavy atom. The zero-order valence-electron chi connectivity index (χ0n) is 13.2. The molecule has 0 aromatic carbocycles. The topological polar surface area (TPSA) is 29.9 Å². The number of hydrogen-bond acceptors (Lipinski definition) is 3. The molecule has 3 nitrogen and oxygen atoms in total. The summed E-state index contributed by atoms with van der Waals surface area (Å²) in [6.07, 6.45) is 1.99. The van der Waals surface area contributed by atoms with E-state index in [1.165, 1.54) is 26.7 Å². The molecule has 1 N–H and O–H groups in total. The minimum atomic E-state index is 0.387. The van der Waals surface area contributed by atoms with Crippen molar-refractivity contribution in [1.29, 1.82) is 0 Å². The predicted molar refractivity (Wildman–Crippen MR) is 86.5 cm³/mol. The van der Waals surface area contributed by atoms with Crippen LogP contribution in [0.15, 0.2) is 12.1 Å². The van der Waals surface area contributed by atoms with E-state index in [9.17, 15) is 0 Å². The van der Waals surface area contributed by atoms with Crippen molar-refractivity contribution in [3.63, 3.8) is 0 Å². The standard InChI is InChI=1S/C16H25N3S/c1-6-13-9-14(19(5)18-13)10-15(17-7-2)16-8-11(3)12(4)20-16/h8-9,15,17H,6-7,10H2,1-5H3. The Bertz CT molecular complexity index is 549. The number of aromatic nitrogens is 2. The van der Waals surface area contributed by atoms with Crippen molar-refractivity contribution < 1.29 is 0 Å². The molecule has 0 aliphatic heterocycles. The first-order valence-corrected chi connectivity index (χ1v) is 8.18. The van der Waals surface area contributed by atoms with E-state index in [1.807, 2.05) is 23.1 Å². The van der Waals surface area contributed by atoms with E-state index in [0.29, 0.717) is 6.04 Å². The second-order valence-corrected chi connectivity index (χ2v) is 6.59. The molecule has 0 saturated heterocycles. The van der Waals surface area contributed by atoms with Crippen LogP contribution in [-0.4, -0.2) is 16.3 Å². The molecule has 0 bridgehead atoms.